The normalized spacial score (nSPS) is 31.5. The van der Waals surface area contributed by atoms with Gasteiger partial charge in [-0.2, -0.15) is 13.5 Å². The molecule has 0 aromatic carbocycles. The van der Waals surface area contributed by atoms with Crippen molar-refractivity contribution in [2.24, 2.45) is 5.92 Å². The number of hydroxylamine groups is 3. The Morgan fingerprint density at radius 1 is 1.38 bits per heavy atom. The Labute approximate surface area is 150 Å². The van der Waals surface area contributed by atoms with Crippen LogP contribution in [0.15, 0.2) is 0 Å². The number of fused-ring (bicyclic) bond motifs is 2. The van der Waals surface area contributed by atoms with E-state index in [1.165, 1.54) is 4.90 Å². The summed E-state index contributed by atoms with van der Waals surface area (Å²) in [7, 11) is -4.82. The van der Waals surface area contributed by atoms with Gasteiger partial charge in [-0.15, -0.1) is 4.28 Å². The molecule has 3 heterocycles. The minimum Gasteiger partial charge on any atom is -0.396 e. The first-order valence-electron chi connectivity index (χ1n) is 8.31. The Hall–Kier alpha value is -1.51. The molecule has 0 spiro atoms. The van der Waals surface area contributed by atoms with Crippen molar-refractivity contribution in [2.45, 2.75) is 37.4 Å². The molecule has 13 heteroatoms. The summed E-state index contributed by atoms with van der Waals surface area (Å²) in [5.41, 5.74) is 2.32. The summed E-state index contributed by atoms with van der Waals surface area (Å²) in [4.78, 5) is 30.9. The van der Waals surface area contributed by atoms with Crippen molar-refractivity contribution in [1.29, 1.82) is 0 Å². The highest BCUT2D eigenvalue weighted by Gasteiger charge is 2.49. The van der Waals surface area contributed by atoms with Gasteiger partial charge in [0.05, 0.1) is 12.6 Å². The van der Waals surface area contributed by atoms with Crippen molar-refractivity contribution >= 4 is 22.3 Å². The number of piperidine rings is 1. The van der Waals surface area contributed by atoms with Crippen LogP contribution in [0.5, 0.6) is 0 Å². The number of aliphatic hydroxyl groups excluding tert-OH is 1. The van der Waals surface area contributed by atoms with E-state index in [-0.39, 0.29) is 31.7 Å². The fraction of sp³-hybridized carbons (Fsp3) is 0.846. The quantitative estimate of drug-likeness (QED) is 0.283. The van der Waals surface area contributed by atoms with Gasteiger partial charge in [0.2, 0.25) is 0 Å². The van der Waals surface area contributed by atoms with E-state index >= 15 is 0 Å². The van der Waals surface area contributed by atoms with Crippen LogP contribution in [0, 0.1) is 5.92 Å². The van der Waals surface area contributed by atoms with Crippen molar-refractivity contribution in [3.63, 3.8) is 0 Å². The second-order valence-corrected chi connectivity index (χ2v) is 7.68. The summed E-state index contributed by atoms with van der Waals surface area (Å²) in [5.74, 6) is -0.340. The monoisotopic (exact) mass is 394 g/mol. The molecule has 3 amide bonds. The molecule has 3 aliphatic heterocycles. The number of hydrogen-bond donors (Lipinski definition) is 4. The van der Waals surface area contributed by atoms with E-state index in [9.17, 15) is 18.0 Å². The molecular weight excluding hydrogens is 372 g/mol. The summed E-state index contributed by atoms with van der Waals surface area (Å²) in [5, 5.41) is 12.8. The fourth-order valence-electron chi connectivity index (χ4n) is 3.55. The molecule has 0 radical (unpaired) electrons. The van der Waals surface area contributed by atoms with Gasteiger partial charge in [-0.25, -0.2) is 10.3 Å². The number of amides is 3. The molecule has 0 saturated carbocycles. The lowest BCUT2D eigenvalue weighted by molar-refractivity contribution is -0.139. The number of carbonyl (C=O) groups is 2. The molecule has 4 atom stereocenters. The van der Waals surface area contributed by atoms with Gasteiger partial charge in [-0.1, -0.05) is 0 Å². The molecule has 0 aromatic rings. The molecule has 4 N–H and O–H groups in total. The number of nitrogens with zero attached hydrogens (tertiary/aromatic N) is 2. The number of urea groups is 1. The van der Waals surface area contributed by atoms with Gasteiger partial charge >= 0.3 is 16.4 Å². The summed E-state index contributed by atoms with van der Waals surface area (Å²) in [6, 6.07) is -2.13. The largest absolute Gasteiger partial charge is 0.418 e. The number of carbonyl (C=O) groups excluding carboxylic acids is 2. The maximum Gasteiger partial charge on any atom is 0.418 e. The van der Waals surface area contributed by atoms with Gasteiger partial charge in [-0.3, -0.25) is 14.2 Å². The van der Waals surface area contributed by atoms with E-state index in [0.717, 1.165) is 6.42 Å². The molecule has 148 valence electrons. The predicted octanol–water partition coefficient (Wildman–Crippen LogP) is -1.99. The Kier molecular flexibility index (Phi) is 5.64. The van der Waals surface area contributed by atoms with Crippen LogP contribution in [0.25, 0.3) is 0 Å². The first-order chi connectivity index (χ1) is 12.3. The Morgan fingerprint density at radius 2 is 2.15 bits per heavy atom. The third kappa shape index (κ3) is 4.24. The zero-order valence-corrected chi connectivity index (χ0v) is 14.7. The van der Waals surface area contributed by atoms with E-state index in [2.05, 4.69) is 15.1 Å². The highest BCUT2D eigenvalue weighted by atomic mass is 32.3. The predicted molar refractivity (Wildman–Crippen MR) is 84.5 cm³/mol. The zero-order valence-electron chi connectivity index (χ0n) is 13.9. The molecule has 0 aromatic heterocycles. The summed E-state index contributed by atoms with van der Waals surface area (Å²) >= 11 is 0. The molecule has 2 bridgehead atoms. The SMILES string of the molecule is O=C(NOC[C@H]1C[C@@H](CO)CN1)C1CCC2CN1C(=O)N2OS(=O)(=O)O. The first-order valence-corrected chi connectivity index (χ1v) is 9.67. The smallest absolute Gasteiger partial charge is 0.396 e. The molecule has 2 unspecified atom stereocenters. The van der Waals surface area contributed by atoms with Gasteiger partial charge in [0.15, 0.2) is 0 Å². The van der Waals surface area contributed by atoms with Crippen LogP contribution < -0.4 is 10.8 Å². The van der Waals surface area contributed by atoms with Gasteiger partial charge in [0, 0.05) is 25.7 Å². The van der Waals surface area contributed by atoms with Crippen LogP contribution in [0.4, 0.5) is 4.79 Å². The molecule has 3 saturated heterocycles. The summed E-state index contributed by atoms with van der Waals surface area (Å²) < 4.78 is 34.8. The second-order valence-electron chi connectivity index (χ2n) is 6.68. The van der Waals surface area contributed by atoms with Gasteiger partial charge in [-0.05, 0) is 25.2 Å². The lowest BCUT2D eigenvalue weighted by Crippen LogP contribution is -2.50. The average Bonchev–Trinajstić information content (AvgIpc) is 3.13. The van der Waals surface area contributed by atoms with E-state index < -0.39 is 34.4 Å². The highest BCUT2D eigenvalue weighted by molar-refractivity contribution is 7.80. The summed E-state index contributed by atoms with van der Waals surface area (Å²) in [6.07, 6.45) is 1.40. The molecule has 3 rings (SSSR count). The Balaban J connectivity index is 1.49. The molecule has 3 fully saturated rings. The minimum atomic E-state index is -4.82. The maximum atomic E-state index is 12.3. The maximum absolute atomic E-state index is 12.3. The number of nitrogens with one attached hydrogen (secondary N) is 2. The van der Waals surface area contributed by atoms with Gasteiger partial charge in [0.1, 0.15) is 6.04 Å². The molecule has 0 aliphatic carbocycles. The van der Waals surface area contributed by atoms with Crippen LogP contribution in [0.1, 0.15) is 19.3 Å². The third-order valence-electron chi connectivity index (χ3n) is 4.83. The standard InChI is InChI=1S/C13H22N4O8S/c18-6-8-3-9(14-4-8)7-24-15-12(19)11-2-1-10-5-16(11)13(20)17(10)25-26(21,22)23/h8-11,14,18H,1-7H2,(H,15,19)(H,21,22,23)/t8-,9-,10?,11?/m1/s1. The van der Waals surface area contributed by atoms with Gasteiger partial charge in [0.25, 0.3) is 5.91 Å². The average molecular weight is 394 g/mol. The Bertz CT molecular complexity index is 659. The lowest BCUT2D eigenvalue weighted by atomic mass is 10.0. The number of hydrogen-bond acceptors (Lipinski definition) is 8. The van der Waals surface area contributed by atoms with E-state index in [4.69, 9.17) is 14.5 Å². The van der Waals surface area contributed by atoms with Crippen LogP contribution >= 0.6 is 0 Å². The van der Waals surface area contributed by atoms with Crippen LogP contribution in [-0.4, -0.2) is 84.4 Å². The van der Waals surface area contributed by atoms with E-state index in [1.54, 1.807) is 0 Å². The third-order valence-corrected chi connectivity index (χ3v) is 5.18. The molecule has 3 aliphatic rings. The molecular formula is C13H22N4O8S. The van der Waals surface area contributed by atoms with Crippen molar-refractivity contribution in [1.82, 2.24) is 20.8 Å². The highest BCUT2D eigenvalue weighted by Crippen LogP contribution is 2.30. The zero-order chi connectivity index (χ0) is 18.9. The van der Waals surface area contributed by atoms with Crippen molar-refractivity contribution in [3.05, 3.63) is 0 Å². The van der Waals surface area contributed by atoms with Gasteiger partial charge < -0.3 is 15.3 Å². The molecule has 12 nitrogen and oxygen atoms in total. The topological polar surface area (TPSA) is 158 Å². The van der Waals surface area contributed by atoms with Crippen LogP contribution in [0.3, 0.4) is 0 Å². The fourth-order valence-corrected chi connectivity index (χ4v) is 3.94. The van der Waals surface area contributed by atoms with Crippen molar-refractivity contribution in [3.8, 4) is 0 Å². The van der Waals surface area contributed by atoms with E-state index in [1.807, 2.05) is 0 Å². The van der Waals surface area contributed by atoms with Crippen LogP contribution in [-0.2, 0) is 24.3 Å². The summed E-state index contributed by atoms with van der Waals surface area (Å²) in [6.45, 7) is 1.13. The first kappa shape index (κ1) is 19.3. The van der Waals surface area contributed by atoms with E-state index in [0.29, 0.717) is 24.4 Å². The minimum absolute atomic E-state index is 0.0234. The molecule has 26 heavy (non-hydrogen) atoms. The Morgan fingerprint density at radius 3 is 2.81 bits per heavy atom. The number of aliphatic hydroxyl groups is 1. The second kappa shape index (κ2) is 7.62. The van der Waals surface area contributed by atoms with Crippen LogP contribution in [0.2, 0.25) is 0 Å². The lowest BCUT2D eigenvalue weighted by Gasteiger charge is -2.29. The van der Waals surface area contributed by atoms with Crippen molar-refractivity contribution < 1.29 is 36.8 Å². The van der Waals surface area contributed by atoms with Crippen molar-refractivity contribution in [2.75, 3.05) is 26.3 Å². The number of rotatable bonds is 7.